The molecule has 2 heterocycles. The van der Waals surface area contributed by atoms with Crippen molar-refractivity contribution in [2.45, 2.75) is 40.7 Å². The summed E-state index contributed by atoms with van der Waals surface area (Å²) in [6.45, 7) is 10.7. The zero-order chi connectivity index (χ0) is 31.1. The first-order chi connectivity index (χ1) is 20.8. The van der Waals surface area contributed by atoms with Gasteiger partial charge in [-0.05, 0) is 64.5 Å². The van der Waals surface area contributed by atoms with Gasteiger partial charge in [0.05, 0.1) is 36.1 Å². The van der Waals surface area contributed by atoms with Crippen molar-refractivity contribution in [1.29, 1.82) is 0 Å². The van der Waals surface area contributed by atoms with Crippen LogP contribution in [0.2, 0.25) is 0 Å². The largest absolute Gasteiger partial charge is 0.496 e. The van der Waals surface area contributed by atoms with E-state index in [-0.39, 0.29) is 24.7 Å². The number of ether oxygens (including phenoxy) is 4. The Morgan fingerprint density at radius 3 is 2.42 bits per heavy atom. The number of carbonyl (C=O) groups excluding carboxylic acids is 2. The Labute approximate surface area is 254 Å². The number of amides is 1. The summed E-state index contributed by atoms with van der Waals surface area (Å²) >= 11 is 1.24. The molecule has 0 radical (unpaired) electrons. The molecule has 0 spiro atoms. The maximum Gasteiger partial charge on any atom is 0.344 e. The zero-order valence-electron chi connectivity index (χ0n) is 25.3. The fourth-order valence-corrected chi connectivity index (χ4v) is 6.00. The smallest absolute Gasteiger partial charge is 0.344 e. The fraction of sp³-hybridized carbons (Fsp3) is 0.375. The van der Waals surface area contributed by atoms with Crippen LogP contribution in [-0.4, -0.2) is 61.4 Å². The molecule has 10 nitrogen and oxygen atoms in total. The second-order valence-corrected chi connectivity index (χ2v) is 10.5. The molecular weight excluding hydrogens is 570 g/mol. The quantitative estimate of drug-likeness (QED) is 0.290. The number of likely N-dealkylation sites (N-methyl/N-ethyl adjacent to an activating group) is 1. The van der Waals surface area contributed by atoms with E-state index in [1.807, 2.05) is 45.0 Å². The first-order valence-corrected chi connectivity index (χ1v) is 15.1. The molecule has 1 aliphatic heterocycles. The number of thiazole rings is 1. The van der Waals surface area contributed by atoms with E-state index in [1.54, 1.807) is 54.7 Å². The van der Waals surface area contributed by atoms with Gasteiger partial charge in [-0.15, -0.1) is 0 Å². The minimum absolute atomic E-state index is 0.170. The van der Waals surface area contributed by atoms with Crippen LogP contribution < -0.4 is 29.1 Å². The van der Waals surface area contributed by atoms with Crippen LogP contribution in [0.25, 0.3) is 6.08 Å². The molecule has 1 amide bonds. The monoisotopic (exact) mass is 607 g/mol. The van der Waals surface area contributed by atoms with Crippen molar-refractivity contribution < 1.29 is 28.5 Å². The SMILES string of the molecule is CCOC(=O)COc1ccc(/C=c2/sc3n(c2=O)[C@H](c2ccccc2OC)C(C(=O)N(CC)CC)=C(C)N=3)cc1OCC. The number of hydrogen-bond acceptors (Lipinski definition) is 9. The third kappa shape index (κ3) is 6.67. The van der Waals surface area contributed by atoms with Crippen molar-refractivity contribution >= 4 is 29.3 Å². The molecule has 0 bridgehead atoms. The van der Waals surface area contributed by atoms with E-state index in [0.29, 0.717) is 68.7 Å². The van der Waals surface area contributed by atoms with Gasteiger partial charge in [-0.25, -0.2) is 9.79 Å². The minimum Gasteiger partial charge on any atom is -0.496 e. The molecule has 0 aliphatic carbocycles. The Morgan fingerprint density at radius 2 is 1.74 bits per heavy atom. The van der Waals surface area contributed by atoms with Crippen LogP contribution >= 0.6 is 11.3 Å². The molecule has 0 saturated heterocycles. The van der Waals surface area contributed by atoms with Crippen LogP contribution in [0.15, 0.2) is 63.5 Å². The molecule has 43 heavy (non-hydrogen) atoms. The molecule has 0 unspecified atom stereocenters. The third-order valence-corrected chi connectivity index (χ3v) is 7.94. The van der Waals surface area contributed by atoms with E-state index in [1.165, 1.54) is 11.3 Å². The molecule has 0 fully saturated rings. The van der Waals surface area contributed by atoms with Gasteiger partial charge in [0, 0.05) is 18.7 Å². The first-order valence-electron chi connectivity index (χ1n) is 14.3. The van der Waals surface area contributed by atoms with Gasteiger partial charge < -0.3 is 23.8 Å². The number of rotatable bonds is 12. The average molecular weight is 608 g/mol. The number of nitrogens with zero attached hydrogens (tertiary/aromatic N) is 3. The topological polar surface area (TPSA) is 109 Å². The average Bonchev–Trinajstić information content (AvgIpc) is 3.30. The van der Waals surface area contributed by atoms with Crippen LogP contribution in [0.5, 0.6) is 17.2 Å². The molecule has 11 heteroatoms. The molecule has 3 aromatic rings. The number of esters is 1. The molecule has 2 aromatic carbocycles. The van der Waals surface area contributed by atoms with Crippen molar-refractivity contribution in [2.75, 3.05) is 40.0 Å². The van der Waals surface area contributed by atoms with E-state index in [0.717, 1.165) is 0 Å². The standard InChI is InChI=1S/C32H37N3O7S/c1-7-34(8-2)31(38)28-20(5)33-32-35(29(28)22-13-11-12-14-23(22)39-6)30(37)26(43-32)18-21-15-16-24(25(17-21)40-9-3)42-19-27(36)41-10-4/h11-18,29H,7-10,19H2,1-6H3/b26-18+/t29-/m1/s1. The van der Waals surface area contributed by atoms with Crippen LogP contribution in [0.4, 0.5) is 0 Å². The number of aromatic nitrogens is 1. The van der Waals surface area contributed by atoms with Gasteiger partial charge in [0.2, 0.25) is 0 Å². The van der Waals surface area contributed by atoms with Crippen molar-refractivity contribution in [1.82, 2.24) is 9.47 Å². The number of allylic oxidation sites excluding steroid dienone is 1. The lowest BCUT2D eigenvalue weighted by molar-refractivity contribution is -0.145. The number of fused-ring (bicyclic) bond motifs is 1. The number of para-hydroxylation sites is 1. The maximum atomic E-state index is 14.1. The number of benzene rings is 2. The lowest BCUT2D eigenvalue weighted by Crippen LogP contribution is -2.43. The van der Waals surface area contributed by atoms with Gasteiger partial charge in [-0.2, -0.15) is 0 Å². The van der Waals surface area contributed by atoms with Crippen LogP contribution in [0.3, 0.4) is 0 Å². The van der Waals surface area contributed by atoms with Crippen molar-refractivity contribution in [3.63, 3.8) is 0 Å². The molecule has 4 rings (SSSR count). The summed E-state index contributed by atoms with van der Waals surface area (Å²) in [4.78, 5) is 46.6. The van der Waals surface area contributed by atoms with Crippen molar-refractivity contribution in [2.24, 2.45) is 4.99 Å². The van der Waals surface area contributed by atoms with E-state index in [9.17, 15) is 14.4 Å². The number of hydrogen-bond donors (Lipinski definition) is 0. The third-order valence-electron chi connectivity index (χ3n) is 6.95. The molecule has 1 aromatic heterocycles. The highest BCUT2D eigenvalue weighted by Gasteiger charge is 2.35. The molecule has 0 saturated carbocycles. The highest BCUT2D eigenvalue weighted by Crippen LogP contribution is 2.36. The molecular formula is C32H37N3O7S. The second kappa shape index (κ2) is 14.2. The summed E-state index contributed by atoms with van der Waals surface area (Å²) in [5.74, 6) is 0.745. The van der Waals surface area contributed by atoms with E-state index >= 15 is 0 Å². The summed E-state index contributed by atoms with van der Waals surface area (Å²) in [6.07, 6.45) is 1.76. The Kier molecular flexibility index (Phi) is 10.4. The molecule has 1 atom stereocenters. The Balaban J connectivity index is 1.85. The summed E-state index contributed by atoms with van der Waals surface area (Å²) in [6, 6.07) is 11.9. The van der Waals surface area contributed by atoms with Gasteiger partial charge in [0.15, 0.2) is 22.9 Å². The Morgan fingerprint density at radius 1 is 1.00 bits per heavy atom. The van der Waals surface area contributed by atoms with Gasteiger partial charge in [0.25, 0.3) is 11.5 Å². The van der Waals surface area contributed by atoms with Crippen LogP contribution in [-0.2, 0) is 14.3 Å². The number of carbonyl (C=O) groups is 2. The van der Waals surface area contributed by atoms with Gasteiger partial charge in [-0.1, -0.05) is 35.6 Å². The van der Waals surface area contributed by atoms with Crippen molar-refractivity contribution in [3.8, 4) is 17.2 Å². The summed E-state index contributed by atoms with van der Waals surface area (Å²) < 4.78 is 24.0. The maximum absolute atomic E-state index is 14.1. The predicted molar refractivity (Wildman–Crippen MR) is 164 cm³/mol. The van der Waals surface area contributed by atoms with E-state index < -0.39 is 12.0 Å². The molecule has 0 N–H and O–H groups in total. The zero-order valence-corrected chi connectivity index (χ0v) is 26.2. The lowest BCUT2D eigenvalue weighted by atomic mass is 9.94. The van der Waals surface area contributed by atoms with Gasteiger partial charge >= 0.3 is 5.97 Å². The van der Waals surface area contributed by atoms with Crippen LogP contribution in [0.1, 0.15) is 51.8 Å². The normalized spacial score (nSPS) is 14.6. The van der Waals surface area contributed by atoms with Gasteiger partial charge in [0.1, 0.15) is 11.8 Å². The second-order valence-electron chi connectivity index (χ2n) is 9.53. The summed E-state index contributed by atoms with van der Waals surface area (Å²) in [5.41, 5.74) is 2.11. The molecule has 1 aliphatic rings. The lowest BCUT2D eigenvalue weighted by Gasteiger charge is -2.29. The molecule has 228 valence electrons. The Hall–Kier alpha value is -4.38. The summed E-state index contributed by atoms with van der Waals surface area (Å²) in [5, 5.41) is 0. The number of methoxy groups -OCH3 is 1. The van der Waals surface area contributed by atoms with E-state index in [2.05, 4.69) is 0 Å². The minimum atomic E-state index is -0.722. The Bertz CT molecular complexity index is 1700. The predicted octanol–water partition coefficient (Wildman–Crippen LogP) is 3.45. The summed E-state index contributed by atoms with van der Waals surface area (Å²) in [7, 11) is 1.57. The van der Waals surface area contributed by atoms with Crippen molar-refractivity contribution in [3.05, 3.63) is 84.5 Å². The fourth-order valence-electron chi connectivity index (χ4n) is 4.96. The highest BCUT2D eigenvalue weighted by atomic mass is 32.1. The van der Waals surface area contributed by atoms with E-state index in [4.69, 9.17) is 23.9 Å². The first kappa shape index (κ1) is 31.6. The van der Waals surface area contributed by atoms with Gasteiger partial charge in [-0.3, -0.25) is 14.2 Å². The highest BCUT2D eigenvalue weighted by molar-refractivity contribution is 7.07. The van der Waals surface area contributed by atoms with Crippen LogP contribution in [0, 0.1) is 0 Å².